The zero-order valence-corrected chi connectivity index (χ0v) is 13.1. The Bertz CT molecular complexity index is 916. The van der Waals surface area contributed by atoms with E-state index in [0.29, 0.717) is 5.69 Å². The number of aromatic nitrogens is 3. The summed E-state index contributed by atoms with van der Waals surface area (Å²) in [4.78, 5) is 0.232. The lowest BCUT2D eigenvalue weighted by molar-refractivity contribution is 0.591. The van der Waals surface area contributed by atoms with Gasteiger partial charge in [-0.25, -0.2) is 13.1 Å². The molecule has 0 amide bonds. The number of nitrogens with zero attached hydrogens (tertiary/aromatic N) is 3. The summed E-state index contributed by atoms with van der Waals surface area (Å²) in [6.07, 6.45) is 0. The van der Waals surface area contributed by atoms with Crippen molar-refractivity contribution in [3.05, 3.63) is 65.9 Å². The van der Waals surface area contributed by atoms with Gasteiger partial charge in [0.1, 0.15) is 0 Å². The van der Waals surface area contributed by atoms with Gasteiger partial charge >= 0.3 is 0 Å². The molecular formula is C16H15N3O2S. The molecule has 5 nitrogen and oxygen atoms in total. The number of aryl methyl sites for hydroxylation is 1. The van der Waals surface area contributed by atoms with Crippen LogP contribution >= 0.6 is 0 Å². The normalized spacial score (nSPS) is 11.5. The van der Waals surface area contributed by atoms with E-state index in [9.17, 15) is 8.42 Å². The molecule has 0 atom stereocenters. The van der Waals surface area contributed by atoms with E-state index >= 15 is 0 Å². The summed E-state index contributed by atoms with van der Waals surface area (Å²) < 4.78 is 27.0. The highest BCUT2D eigenvalue weighted by atomic mass is 32.2. The third-order valence-corrected chi connectivity index (χ3v) is 5.17. The summed E-state index contributed by atoms with van der Waals surface area (Å²) in [5, 5.41) is 7.87. The molecule has 0 spiro atoms. The number of benzene rings is 2. The molecule has 0 bridgehead atoms. The molecule has 2 aromatic carbocycles. The Morgan fingerprint density at radius 3 is 2.36 bits per heavy atom. The fourth-order valence-electron chi connectivity index (χ4n) is 2.27. The maximum absolute atomic E-state index is 12.7. The van der Waals surface area contributed by atoms with Gasteiger partial charge in [-0.05, 0) is 43.7 Å². The smallest absolute Gasteiger partial charge is 0.217 e. The number of sulfone groups is 1. The van der Waals surface area contributed by atoms with Gasteiger partial charge in [0.25, 0.3) is 0 Å². The molecule has 6 heteroatoms. The first-order chi connectivity index (χ1) is 10.5. The van der Waals surface area contributed by atoms with Crippen LogP contribution < -0.4 is 0 Å². The SMILES string of the molecule is Cc1cccc(S(=O)(=O)c2nnn(-c3ccccc3)c2C)c1. The number of hydrogen-bond donors (Lipinski definition) is 0. The van der Waals surface area contributed by atoms with Crippen molar-refractivity contribution in [1.29, 1.82) is 0 Å². The Morgan fingerprint density at radius 1 is 0.955 bits per heavy atom. The summed E-state index contributed by atoms with van der Waals surface area (Å²) in [7, 11) is -3.67. The van der Waals surface area contributed by atoms with Crippen molar-refractivity contribution in [2.75, 3.05) is 0 Å². The molecule has 1 aromatic heterocycles. The minimum absolute atomic E-state index is 0.0121. The first-order valence-corrected chi connectivity index (χ1v) is 8.28. The molecule has 0 aliphatic rings. The van der Waals surface area contributed by atoms with Gasteiger partial charge in [0.05, 0.1) is 16.3 Å². The topological polar surface area (TPSA) is 64.8 Å². The highest BCUT2D eigenvalue weighted by Crippen LogP contribution is 2.23. The van der Waals surface area contributed by atoms with Crippen molar-refractivity contribution in [2.45, 2.75) is 23.8 Å². The second-order valence-corrected chi connectivity index (χ2v) is 6.91. The van der Waals surface area contributed by atoms with Gasteiger partial charge in [-0.2, -0.15) is 0 Å². The van der Waals surface area contributed by atoms with Crippen LogP contribution in [-0.4, -0.2) is 23.4 Å². The maximum Gasteiger partial charge on any atom is 0.227 e. The van der Waals surface area contributed by atoms with Gasteiger partial charge in [0.15, 0.2) is 0 Å². The largest absolute Gasteiger partial charge is 0.227 e. The van der Waals surface area contributed by atoms with Gasteiger partial charge in [-0.3, -0.25) is 0 Å². The Balaban J connectivity index is 2.12. The quantitative estimate of drug-likeness (QED) is 0.746. The minimum atomic E-state index is -3.67. The maximum atomic E-state index is 12.7. The molecule has 0 fully saturated rings. The molecule has 0 saturated heterocycles. The van der Waals surface area contributed by atoms with Crippen molar-refractivity contribution in [2.24, 2.45) is 0 Å². The second-order valence-electron chi connectivity index (χ2n) is 5.05. The fraction of sp³-hybridized carbons (Fsp3) is 0.125. The fourth-order valence-corrected chi connectivity index (χ4v) is 3.71. The average molecular weight is 313 g/mol. The van der Waals surface area contributed by atoms with E-state index in [4.69, 9.17) is 0 Å². The predicted octanol–water partition coefficient (Wildman–Crippen LogP) is 2.72. The van der Waals surface area contributed by atoms with E-state index in [1.54, 1.807) is 25.1 Å². The minimum Gasteiger partial charge on any atom is -0.217 e. The Morgan fingerprint density at radius 2 is 1.68 bits per heavy atom. The van der Waals surface area contributed by atoms with Crippen LogP contribution in [-0.2, 0) is 9.84 Å². The van der Waals surface area contributed by atoms with Crippen LogP contribution in [0.25, 0.3) is 5.69 Å². The molecule has 22 heavy (non-hydrogen) atoms. The van der Waals surface area contributed by atoms with Crippen LogP contribution in [0.15, 0.2) is 64.5 Å². The molecule has 0 saturated carbocycles. The van der Waals surface area contributed by atoms with Gasteiger partial charge in [-0.1, -0.05) is 35.5 Å². The van der Waals surface area contributed by atoms with Crippen molar-refractivity contribution in [1.82, 2.24) is 15.0 Å². The van der Waals surface area contributed by atoms with E-state index < -0.39 is 9.84 Å². The van der Waals surface area contributed by atoms with Gasteiger partial charge in [-0.15, -0.1) is 5.10 Å². The van der Waals surface area contributed by atoms with Gasteiger partial charge in [0.2, 0.25) is 14.9 Å². The summed E-state index contributed by atoms with van der Waals surface area (Å²) in [5.41, 5.74) is 2.15. The van der Waals surface area contributed by atoms with E-state index in [-0.39, 0.29) is 9.92 Å². The molecule has 112 valence electrons. The van der Waals surface area contributed by atoms with Crippen LogP contribution in [0, 0.1) is 13.8 Å². The Kier molecular flexibility index (Phi) is 3.54. The molecule has 1 heterocycles. The van der Waals surface area contributed by atoms with Crippen LogP contribution in [0.2, 0.25) is 0 Å². The van der Waals surface area contributed by atoms with Gasteiger partial charge in [0, 0.05) is 0 Å². The molecular weight excluding hydrogens is 298 g/mol. The Hall–Kier alpha value is -2.47. The molecule has 0 radical (unpaired) electrons. The third-order valence-electron chi connectivity index (χ3n) is 3.41. The number of hydrogen-bond acceptors (Lipinski definition) is 4. The first kappa shape index (κ1) is 14.5. The van der Waals surface area contributed by atoms with Crippen LogP contribution in [0.4, 0.5) is 0 Å². The monoisotopic (exact) mass is 313 g/mol. The second kappa shape index (κ2) is 5.38. The third kappa shape index (κ3) is 2.42. The van der Waals surface area contributed by atoms with E-state index in [2.05, 4.69) is 10.3 Å². The van der Waals surface area contributed by atoms with Crippen molar-refractivity contribution >= 4 is 9.84 Å². The summed E-state index contributed by atoms with van der Waals surface area (Å²) in [6.45, 7) is 3.56. The summed E-state index contributed by atoms with van der Waals surface area (Å²) in [5.74, 6) is 0. The highest BCUT2D eigenvalue weighted by molar-refractivity contribution is 7.91. The lowest BCUT2D eigenvalue weighted by atomic mass is 10.2. The van der Waals surface area contributed by atoms with E-state index in [0.717, 1.165) is 11.3 Å². The van der Waals surface area contributed by atoms with Crippen LogP contribution in [0.5, 0.6) is 0 Å². The zero-order valence-electron chi connectivity index (χ0n) is 12.3. The van der Waals surface area contributed by atoms with Crippen LogP contribution in [0.1, 0.15) is 11.3 Å². The standard InChI is InChI=1S/C16H15N3O2S/c1-12-7-6-10-15(11-12)22(20,21)16-13(2)19(18-17-16)14-8-4-3-5-9-14/h3-11H,1-2H3. The molecule has 0 aliphatic carbocycles. The number of rotatable bonds is 3. The average Bonchev–Trinajstić information content (AvgIpc) is 2.90. The van der Waals surface area contributed by atoms with Crippen molar-refractivity contribution in [3.63, 3.8) is 0 Å². The summed E-state index contributed by atoms with van der Waals surface area (Å²) in [6, 6.07) is 16.1. The summed E-state index contributed by atoms with van der Waals surface area (Å²) >= 11 is 0. The number of para-hydroxylation sites is 1. The lowest BCUT2D eigenvalue weighted by Gasteiger charge is -2.05. The van der Waals surface area contributed by atoms with E-state index in [1.165, 1.54) is 4.68 Å². The zero-order chi connectivity index (χ0) is 15.7. The molecule has 0 aliphatic heterocycles. The lowest BCUT2D eigenvalue weighted by Crippen LogP contribution is -2.06. The van der Waals surface area contributed by atoms with Crippen molar-refractivity contribution < 1.29 is 8.42 Å². The van der Waals surface area contributed by atoms with Gasteiger partial charge < -0.3 is 0 Å². The molecule has 0 N–H and O–H groups in total. The highest BCUT2D eigenvalue weighted by Gasteiger charge is 2.25. The Labute approximate surface area is 129 Å². The molecule has 3 aromatic rings. The van der Waals surface area contributed by atoms with Crippen LogP contribution in [0.3, 0.4) is 0 Å². The molecule has 3 rings (SSSR count). The van der Waals surface area contributed by atoms with Crippen molar-refractivity contribution in [3.8, 4) is 5.69 Å². The molecule has 0 unspecified atom stereocenters. The first-order valence-electron chi connectivity index (χ1n) is 6.79. The predicted molar refractivity (Wildman–Crippen MR) is 82.7 cm³/mol. The van der Waals surface area contributed by atoms with E-state index in [1.807, 2.05) is 43.3 Å².